The Morgan fingerprint density at radius 1 is 1.33 bits per heavy atom. The molecule has 1 aliphatic rings. The van der Waals surface area contributed by atoms with E-state index in [9.17, 15) is 8.78 Å². The third-order valence-corrected chi connectivity index (χ3v) is 4.36. The molecule has 6 nitrogen and oxygen atoms in total. The Kier molecular flexibility index (Phi) is 9.10. The molecule has 2 N–H and O–H groups in total. The molecule has 1 unspecified atom stereocenters. The van der Waals surface area contributed by atoms with Crippen molar-refractivity contribution in [2.45, 2.75) is 38.8 Å². The summed E-state index contributed by atoms with van der Waals surface area (Å²) in [7, 11) is 1.73. The number of alkyl halides is 2. The summed E-state index contributed by atoms with van der Waals surface area (Å²) in [6.07, 6.45) is 3.08. The molecule has 0 amide bonds. The number of unbranched alkanes of at least 4 members (excludes halogenated alkanes) is 1. The fraction of sp³-hybridized carbons (Fsp3) is 0.632. The van der Waals surface area contributed by atoms with Crippen molar-refractivity contribution in [1.29, 1.82) is 0 Å². The van der Waals surface area contributed by atoms with Gasteiger partial charge in [-0.3, -0.25) is 4.99 Å². The summed E-state index contributed by atoms with van der Waals surface area (Å²) in [5.74, 6) is 0.929. The van der Waals surface area contributed by atoms with E-state index in [-0.39, 0.29) is 11.8 Å². The van der Waals surface area contributed by atoms with Crippen LogP contribution in [0.4, 0.5) is 14.5 Å². The maximum Gasteiger partial charge on any atom is 0.387 e. The number of anilines is 1. The van der Waals surface area contributed by atoms with Gasteiger partial charge in [0.25, 0.3) is 0 Å². The van der Waals surface area contributed by atoms with E-state index in [1.54, 1.807) is 25.2 Å². The molecule has 1 saturated heterocycles. The number of nitrogens with one attached hydrogen (secondary N) is 2. The summed E-state index contributed by atoms with van der Waals surface area (Å²) in [5.41, 5.74) is 0.689. The summed E-state index contributed by atoms with van der Waals surface area (Å²) in [6, 6.07) is 7.08. The Labute approximate surface area is 159 Å². The van der Waals surface area contributed by atoms with Gasteiger partial charge in [0.1, 0.15) is 5.75 Å². The lowest BCUT2D eigenvalue weighted by atomic mass is 10.2. The van der Waals surface area contributed by atoms with Crippen LogP contribution in [0, 0.1) is 0 Å². The lowest BCUT2D eigenvalue weighted by molar-refractivity contribution is -0.0495. The first-order valence-electron chi connectivity index (χ1n) is 9.47. The van der Waals surface area contributed by atoms with Crippen molar-refractivity contribution in [2.24, 2.45) is 4.99 Å². The van der Waals surface area contributed by atoms with E-state index < -0.39 is 6.61 Å². The fourth-order valence-corrected chi connectivity index (χ4v) is 2.99. The van der Waals surface area contributed by atoms with Crippen LogP contribution in [0.1, 0.15) is 26.2 Å². The maximum atomic E-state index is 12.6. The average Bonchev–Trinajstić information content (AvgIpc) is 3.12. The molecule has 8 heteroatoms. The number of ether oxygens (including phenoxy) is 2. The maximum absolute atomic E-state index is 12.6. The normalized spacial score (nSPS) is 17.4. The van der Waals surface area contributed by atoms with Crippen LogP contribution >= 0.6 is 0 Å². The van der Waals surface area contributed by atoms with Crippen molar-refractivity contribution >= 4 is 11.6 Å². The molecule has 1 atom stereocenters. The van der Waals surface area contributed by atoms with Gasteiger partial charge < -0.3 is 25.0 Å². The number of halogens is 2. The second-order valence-corrected chi connectivity index (χ2v) is 6.39. The Bertz CT molecular complexity index is 587. The van der Waals surface area contributed by atoms with Crippen molar-refractivity contribution in [3.8, 4) is 5.75 Å². The smallest absolute Gasteiger partial charge is 0.387 e. The minimum absolute atomic E-state index is 0.178. The highest BCUT2D eigenvalue weighted by Gasteiger charge is 2.25. The van der Waals surface area contributed by atoms with E-state index in [4.69, 9.17) is 4.74 Å². The molecule has 1 aromatic carbocycles. The molecule has 0 bridgehead atoms. The molecular formula is C19H30F2N4O2. The van der Waals surface area contributed by atoms with Gasteiger partial charge in [-0.25, -0.2) is 0 Å². The summed E-state index contributed by atoms with van der Waals surface area (Å²) >= 11 is 0. The van der Waals surface area contributed by atoms with Gasteiger partial charge in [-0.15, -0.1) is 0 Å². The van der Waals surface area contributed by atoms with Gasteiger partial charge in [-0.1, -0.05) is 25.5 Å². The van der Waals surface area contributed by atoms with E-state index in [0.29, 0.717) is 25.4 Å². The Balaban J connectivity index is 1.80. The van der Waals surface area contributed by atoms with Gasteiger partial charge in [0, 0.05) is 39.3 Å². The zero-order valence-electron chi connectivity index (χ0n) is 16.1. The number of guanidine groups is 1. The fourth-order valence-electron chi connectivity index (χ4n) is 2.99. The van der Waals surface area contributed by atoms with E-state index in [1.807, 2.05) is 6.07 Å². The molecule has 0 radical (unpaired) electrons. The summed E-state index contributed by atoms with van der Waals surface area (Å²) < 4.78 is 35.4. The molecule has 2 rings (SSSR count). The first-order valence-corrected chi connectivity index (χ1v) is 9.47. The molecule has 152 valence electrons. The van der Waals surface area contributed by atoms with Crippen LogP contribution in [0.25, 0.3) is 0 Å². The number of nitrogens with zero attached hydrogens (tertiary/aromatic N) is 2. The monoisotopic (exact) mass is 384 g/mol. The average molecular weight is 384 g/mol. The molecule has 0 saturated carbocycles. The largest absolute Gasteiger partial charge is 0.433 e. The molecular weight excluding hydrogens is 354 g/mol. The Morgan fingerprint density at radius 3 is 2.89 bits per heavy atom. The van der Waals surface area contributed by atoms with Crippen molar-refractivity contribution in [3.05, 3.63) is 24.3 Å². The van der Waals surface area contributed by atoms with E-state index >= 15 is 0 Å². The van der Waals surface area contributed by atoms with Gasteiger partial charge in [0.15, 0.2) is 5.96 Å². The quantitative estimate of drug-likeness (QED) is 0.369. The zero-order chi connectivity index (χ0) is 19.5. The lowest BCUT2D eigenvalue weighted by Crippen LogP contribution is -2.45. The van der Waals surface area contributed by atoms with Gasteiger partial charge in [-0.2, -0.15) is 8.78 Å². The van der Waals surface area contributed by atoms with Crippen LogP contribution in [0.5, 0.6) is 5.75 Å². The summed E-state index contributed by atoms with van der Waals surface area (Å²) in [4.78, 5) is 6.29. The number of para-hydroxylation sites is 2. The molecule has 0 aliphatic carbocycles. The van der Waals surface area contributed by atoms with Crippen LogP contribution < -0.4 is 20.3 Å². The van der Waals surface area contributed by atoms with Crippen molar-refractivity contribution in [3.63, 3.8) is 0 Å². The highest BCUT2D eigenvalue weighted by atomic mass is 19.3. The molecule has 1 aliphatic heterocycles. The number of aliphatic imine (C=N–C) groups is 1. The standard InChI is InChI=1S/C19H30F2N4O2/c1-3-4-12-26-13-10-23-19(22-2)24-15-9-11-25(14-15)16-7-5-6-8-17(16)27-18(20)21/h5-8,15,18H,3-4,9-14H2,1-2H3,(H2,22,23,24). The first kappa shape index (κ1) is 21.2. The predicted molar refractivity (Wildman–Crippen MR) is 104 cm³/mol. The summed E-state index contributed by atoms with van der Waals surface area (Å²) in [6.45, 7) is 2.86. The molecule has 27 heavy (non-hydrogen) atoms. The molecule has 0 spiro atoms. The van der Waals surface area contributed by atoms with Gasteiger partial charge in [0.05, 0.1) is 12.3 Å². The van der Waals surface area contributed by atoms with E-state index in [0.717, 1.165) is 38.4 Å². The molecule has 1 heterocycles. The molecule has 0 aromatic heterocycles. The van der Waals surface area contributed by atoms with Gasteiger partial charge >= 0.3 is 6.61 Å². The minimum atomic E-state index is -2.83. The number of rotatable bonds is 10. The van der Waals surface area contributed by atoms with Gasteiger partial charge in [0.2, 0.25) is 0 Å². The van der Waals surface area contributed by atoms with Crippen molar-refractivity contribution in [2.75, 3.05) is 44.8 Å². The molecule has 1 aromatic rings. The molecule has 1 fully saturated rings. The van der Waals surface area contributed by atoms with Crippen LogP contribution in [0.2, 0.25) is 0 Å². The van der Waals surface area contributed by atoms with Crippen LogP contribution in [-0.4, -0.2) is 58.5 Å². The topological polar surface area (TPSA) is 58.1 Å². The Morgan fingerprint density at radius 2 is 2.15 bits per heavy atom. The number of benzene rings is 1. The highest BCUT2D eigenvalue weighted by molar-refractivity contribution is 5.80. The Hall–Kier alpha value is -2.09. The van der Waals surface area contributed by atoms with E-state index in [1.165, 1.54) is 0 Å². The first-order chi connectivity index (χ1) is 13.1. The second kappa shape index (κ2) is 11.6. The highest BCUT2D eigenvalue weighted by Crippen LogP contribution is 2.31. The van der Waals surface area contributed by atoms with Crippen molar-refractivity contribution < 1.29 is 18.3 Å². The third-order valence-electron chi connectivity index (χ3n) is 4.36. The lowest BCUT2D eigenvalue weighted by Gasteiger charge is -2.22. The number of hydrogen-bond acceptors (Lipinski definition) is 4. The predicted octanol–water partition coefficient (Wildman–Crippen LogP) is 2.85. The van der Waals surface area contributed by atoms with Crippen LogP contribution in [0.3, 0.4) is 0 Å². The van der Waals surface area contributed by atoms with Crippen LogP contribution in [0.15, 0.2) is 29.3 Å². The SMILES string of the molecule is CCCCOCCNC(=NC)NC1CCN(c2ccccc2OC(F)F)C1. The zero-order valence-corrected chi connectivity index (χ0v) is 16.1. The van der Waals surface area contributed by atoms with E-state index in [2.05, 4.69) is 32.2 Å². The third kappa shape index (κ3) is 7.21. The van der Waals surface area contributed by atoms with Gasteiger partial charge in [-0.05, 0) is 25.0 Å². The summed E-state index contributed by atoms with van der Waals surface area (Å²) in [5, 5.41) is 6.62. The number of hydrogen-bond donors (Lipinski definition) is 2. The van der Waals surface area contributed by atoms with Crippen LogP contribution in [-0.2, 0) is 4.74 Å². The minimum Gasteiger partial charge on any atom is -0.433 e. The second-order valence-electron chi connectivity index (χ2n) is 6.39. The van der Waals surface area contributed by atoms with Crippen molar-refractivity contribution in [1.82, 2.24) is 10.6 Å².